The number of sulfonamides is 1. The first kappa shape index (κ1) is 16.5. The molecule has 9 heteroatoms. The molecule has 6 nitrogen and oxygen atoms in total. The Bertz CT molecular complexity index is 676. The summed E-state index contributed by atoms with van der Waals surface area (Å²) in [5.41, 5.74) is -0.433. The molecule has 1 aromatic carbocycles. The molecule has 116 valence electrons. The third-order valence-electron chi connectivity index (χ3n) is 3.24. The van der Waals surface area contributed by atoms with E-state index in [0.717, 1.165) is 0 Å². The number of aromatic carboxylic acids is 1. The van der Waals surface area contributed by atoms with Gasteiger partial charge < -0.3 is 9.84 Å². The Hall–Kier alpha value is -0.860. The first-order valence-corrected chi connectivity index (χ1v) is 8.33. The fourth-order valence-corrected chi connectivity index (χ4v) is 4.34. The van der Waals surface area contributed by atoms with Crippen molar-refractivity contribution in [3.05, 3.63) is 27.7 Å². The van der Waals surface area contributed by atoms with Gasteiger partial charge in [-0.25, -0.2) is 17.9 Å². The van der Waals surface area contributed by atoms with E-state index in [1.165, 1.54) is 12.1 Å². The maximum Gasteiger partial charge on any atom is 0.338 e. The number of ether oxygens (including phenoxy) is 1. The highest BCUT2D eigenvalue weighted by atomic mass is 35.5. The van der Waals surface area contributed by atoms with Crippen LogP contribution in [0.15, 0.2) is 17.0 Å². The quantitative estimate of drug-likeness (QED) is 0.864. The van der Waals surface area contributed by atoms with E-state index in [2.05, 4.69) is 4.72 Å². The second-order valence-electron chi connectivity index (χ2n) is 4.63. The second-order valence-corrected chi connectivity index (χ2v) is 7.10. The molecule has 0 amide bonds. The number of nitrogens with one attached hydrogen (secondary N) is 1. The van der Waals surface area contributed by atoms with E-state index in [9.17, 15) is 13.2 Å². The highest BCUT2D eigenvalue weighted by Gasteiger charge is 2.31. The molecule has 2 unspecified atom stereocenters. The third-order valence-corrected chi connectivity index (χ3v) is 5.59. The van der Waals surface area contributed by atoms with Crippen molar-refractivity contribution in [1.82, 2.24) is 4.72 Å². The summed E-state index contributed by atoms with van der Waals surface area (Å²) in [7, 11) is -3.96. The first-order valence-electron chi connectivity index (χ1n) is 6.09. The highest BCUT2D eigenvalue weighted by Crippen LogP contribution is 2.31. The first-order chi connectivity index (χ1) is 9.74. The molecule has 0 spiro atoms. The van der Waals surface area contributed by atoms with Gasteiger partial charge in [-0.2, -0.15) is 0 Å². The Morgan fingerprint density at radius 3 is 2.62 bits per heavy atom. The minimum Gasteiger partial charge on any atom is -0.478 e. The lowest BCUT2D eigenvalue weighted by atomic mass is 10.2. The molecule has 1 saturated heterocycles. The summed E-state index contributed by atoms with van der Waals surface area (Å²) in [6, 6.07) is 2.00. The lowest BCUT2D eigenvalue weighted by molar-refractivity contribution is 0.0697. The van der Waals surface area contributed by atoms with Gasteiger partial charge in [0.1, 0.15) is 4.90 Å². The van der Waals surface area contributed by atoms with Gasteiger partial charge in [0.25, 0.3) is 0 Å². The summed E-state index contributed by atoms with van der Waals surface area (Å²) in [5, 5.41) is 8.53. The maximum absolute atomic E-state index is 12.4. The van der Waals surface area contributed by atoms with E-state index in [4.69, 9.17) is 33.0 Å². The van der Waals surface area contributed by atoms with Gasteiger partial charge in [-0.3, -0.25) is 0 Å². The predicted molar refractivity (Wildman–Crippen MR) is 77.6 cm³/mol. The molecule has 1 aliphatic heterocycles. The van der Waals surface area contributed by atoms with Crippen molar-refractivity contribution in [2.75, 3.05) is 6.61 Å². The number of benzene rings is 1. The van der Waals surface area contributed by atoms with Gasteiger partial charge in [-0.15, -0.1) is 0 Å². The number of hydrogen-bond donors (Lipinski definition) is 2. The van der Waals surface area contributed by atoms with Gasteiger partial charge in [0, 0.05) is 6.61 Å². The average molecular weight is 354 g/mol. The van der Waals surface area contributed by atoms with Crippen LogP contribution in [0.1, 0.15) is 23.7 Å². The van der Waals surface area contributed by atoms with Crippen molar-refractivity contribution in [3.63, 3.8) is 0 Å². The van der Waals surface area contributed by atoms with Crippen molar-refractivity contribution < 1.29 is 23.1 Å². The van der Waals surface area contributed by atoms with Gasteiger partial charge in [-0.1, -0.05) is 23.2 Å². The van der Waals surface area contributed by atoms with Gasteiger partial charge in [-0.05, 0) is 25.5 Å². The Kier molecular flexibility index (Phi) is 4.79. The lowest BCUT2D eigenvalue weighted by Crippen LogP contribution is -2.39. The van der Waals surface area contributed by atoms with Crippen LogP contribution in [0.25, 0.3) is 0 Å². The van der Waals surface area contributed by atoms with E-state index in [-0.39, 0.29) is 22.1 Å². The molecular formula is C12H13Cl2NO5S. The summed E-state index contributed by atoms with van der Waals surface area (Å²) in [6.07, 6.45) is 0.280. The van der Waals surface area contributed by atoms with Gasteiger partial charge >= 0.3 is 5.97 Å². The van der Waals surface area contributed by atoms with Crippen LogP contribution in [0, 0.1) is 0 Å². The minimum absolute atomic E-state index is 0.121. The topological polar surface area (TPSA) is 92.7 Å². The summed E-state index contributed by atoms with van der Waals surface area (Å²) in [6.45, 7) is 2.22. The monoisotopic (exact) mass is 353 g/mol. The van der Waals surface area contributed by atoms with E-state index in [1.807, 2.05) is 0 Å². The lowest BCUT2D eigenvalue weighted by Gasteiger charge is -2.17. The molecule has 0 saturated carbocycles. The van der Waals surface area contributed by atoms with Crippen molar-refractivity contribution >= 4 is 39.2 Å². The summed E-state index contributed by atoms with van der Waals surface area (Å²) >= 11 is 11.6. The molecule has 1 aliphatic rings. The molecule has 2 rings (SSSR count). The van der Waals surface area contributed by atoms with Crippen molar-refractivity contribution in [3.8, 4) is 0 Å². The molecule has 2 atom stereocenters. The highest BCUT2D eigenvalue weighted by molar-refractivity contribution is 7.89. The standard InChI is InChI=1S/C12H13Cl2NO5S/c1-6-8(4-5-20-6)15-21(18,19)9-3-2-7(13)10(11(9)14)12(16)17/h2-3,6,8,15H,4-5H2,1H3,(H,16,17). The Balaban J connectivity index is 2.41. The minimum atomic E-state index is -3.96. The molecule has 0 radical (unpaired) electrons. The van der Waals surface area contributed by atoms with E-state index in [0.29, 0.717) is 13.0 Å². The normalized spacial score (nSPS) is 22.4. The molecule has 0 bridgehead atoms. The average Bonchev–Trinajstić information content (AvgIpc) is 2.73. The van der Waals surface area contributed by atoms with Crippen LogP contribution in [0.3, 0.4) is 0 Å². The molecule has 0 aliphatic carbocycles. The van der Waals surface area contributed by atoms with E-state index in [1.54, 1.807) is 6.92 Å². The van der Waals surface area contributed by atoms with Crippen molar-refractivity contribution in [2.45, 2.75) is 30.4 Å². The van der Waals surface area contributed by atoms with Crippen LogP contribution < -0.4 is 4.72 Å². The van der Waals surface area contributed by atoms with Crippen molar-refractivity contribution in [2.24, 2.45) is 0 Å². The maximum atomic E-state index is 12.4. The second kappa shape index (κ2) is 6.10. The van der Waals surface area contributed by atoms with E-state index >= 15 is 0 Å². The Labute approximate surface area is 132 Å². The summed E-state index contributed by atoms with van der Waals surface area (Å²) in [5.74, 6) is -1.39. The fourth-order valence-electron chi connectivity index (χ4n) is 2.09. The van der Waals surface area contributed by atoms with Gasteiger partial charge in [0.2, 0.25) is 10.0 Å². The molecular weight excluding hydrogens is 341 g/mol. The van der Waals surface area contributed by atoms with Crippen LogP contribution in [0.4, 0.5) is 0 Å². The number of hydrogen-bond acceptors (Lipinski definition) is 4. The largest absolute Gasteiger partial charge is 0.478 e. The molecule has 1 heterocycles. The van der Waals surface area contributed by atoms with Gasteiger partial charge in [0.05, 0.1) is 27.8 Å². The zero-order valence-corrected chi connectivity index (χ0v) is 13.3. The summed E-state index contributed by atoms with van der Waals surface area (Å²) < 4.78 is 32.5. The van der Waals surface area contributed by atoms with Crippen LogP contribution in [0.5, 0.6) is 0 Å². The molecule has 1 fully saturated rings. The zero-order chi connectivity index (χ0) is 15.8. The number of carboxylic acid groups (broad SMARTS) is 1. The van der Waals surface area contributed by atoms with Crippen LogP contribution in [-0.2, 0) is 14.8 Å². The predicted octanol–water partition coefficient (Wildman–Crippen LogP) is 2.15. The molecule has 1 aromatic rings. The molecule has 0 aromatic heterocycles. The van der Waals surface area contributed by atoms with Gasteiger partial charge in [0.15, 0.2) is 0 Å². The Morgan fingerprint density at radius 2 is 2.10 bits per heavy atom. The Morgan fingerprint density at radius 1 is 1.43 bits per heavy atom. The molecule has 2 N–H and O–H groups in total. The SMILES string of the molecule is CC1OCCC1NS(=O)(=O)c1ccc(Cl)c(C(=O)O)c1Cl. The third kappa shape index (κ3) is 3.32. The fraction of sp³-hybridized carbons (Fsp3) is 0.417. The van der Waals surface area contributed by atoms with Crippen molar-refractivity contribution in [1.29, 1.82) is 0 Å². The zero-order valence-electron chi connectivity index (χ0n) is 11.0. The number of halogens is 2. The number of carboxylic acids is 1. The smallest absolute Gasteiger partial charge is 0.338 e. The van der Waals surface area contributed by atoms with Crippen LogP contribution in [0.2, 0.25) is 10.0 Å². The number of rotatable bonds is 4. The summed E-state index contributed by atoms with van der Waals surface area (Å²) in [4.78, 5) is 10.8. The number of carbonyl (C=O) groups is 1. The molecule has 21 heavy (non-hydrogen) atoms. The van der Waals surface area contributed by atoms with Crippen LogP contribution >= 0.6 is 23.2 Å². The van der Waals surface area contributed by atoms with Crippen LogP contribution in [-0.4, -0.2) is 38.2 Å². The van der Waals surface area contributed by atoms with E-state index < -0.39 is 26.6 Å².